The first-order valence-electron chi connectivity index (χ1n) is 5.80. The summed E-state index contributed by atoms with van der Waals surface area (Å²) in [6.07, 6.45) is 2.09. The maximum atomic E-state index is 11.3. The van der Waals surface area contributed by atoms with Crippen molar-refractivity contribution in [2.24, 2.45) is 0 Å². The Labute approximate surface area is 105 Å². The summed E-state index contributed by atoms with van der Waals surface area (Å²) < 4.78 is 15.5. The zero-order valence-electron chi connectivity index (χ0n) is 10.2. The van der Waals surface area contributed by atoms with E-state index >= 15 is 0 Å². The molecule has 2 rings (SSSR count). The second-order valence-corrected chi connectivity index (χ2v) is 4.03. The van der Waals surface area contributed by atoms with Crippen molar-refractivity contribution in [3.63, 3.8) is 0 Å². The number of carbonyl (C=O) groups is 1. The van der Waals surface area contributed by atoms with Crippen LogP contribution in [0.15, 0.2) is 12.1 Å². The predicted octanol–water partition coefficient (Wildman–Crippen LogP) is 1.01. The van der Waals surface area contributed by atoms with Crippen LogP contribution in [0, 0.1) is 0 Å². The Morgan fingerprint density at radius 3 is 3.11 bits per heavy atom. The van der Waals surface area contributed by atoms with Crippen molar-refractivity contribution in [2.45, 2.75) is 18.9 Å². The van der Waals surface area contributed by atoms with Gasteiger partial charge in [-0.25, -0.2) is 9.78 Å². The molecule has 1 aromatic rings. The third-order valence-corrected chi connectivity index (χ3v) is 2.71. The molecule has 0 radical (unpaired) electrons. The molecule has 6 heteroatoms. The molecule has 1 saturated heterocycles. The van der Waals surface area contributed by atoms with E-state index in [-0.39, 0.29) is 17.7 Å². The van der Waals surface area contributed by atoms with Gasteiger partial charge in [-0.3, -0.25) is 0 Å². The van der Waals surface area contributed by atoms with Gasteiger partial charge in [0, 0.05) is 6.61 Å². The zero-order chi connectivity index (χ0) is 13.0. The first-order chi connectivity index (χ1) is 8.70. The molecule has 0 aliphatic carbocycles. The van der Waals surface area contributed by atoms with Crippen molar-refractivity contribution in [3.8, 4) is 5.88 Å². The topological polar surface area (TPSA) is 83.7 Å². The molecular weight excluding hydrogens is 236 g/mol. The standard InChI is InChI=1S/C12H16N2O4/c1-16-12(15)10-5-4-9(13)11(14-10)18-7-8-3-2-6-17-8/h4-5,8H,2-3,6-7,13H2,1H3. The summed E-state index contributed by atoms with van der Waals surface area (Å²) in [5.41, 5.74) is 6.30. The molecule has 98 valence electrons. The summed E-state index contributed by atoms with van der Waals surface area (Å²) in [6, 6.07) is 3.07. The zero-order valence-corrected chi connectivity index (χ0v) is 10.2. The number of esters is 1. The van der Waals surface area contributed by atoms with Crippen LogP contribution in [0.5, 0.6) is 5.88 Å². The third kappa shape index (κ3) is 2.89. The van der Waals surface area contributed by atoms with Crippen molar-refractivity contribution in [3.05, 3.63) is 17.8 Å². The number of pyridine rings is 1. The van der Waals surface area contributed by atoms with E-state index in [0.717, 1.165) is 19.4 Å². The second kappa shape index (κ2) is 5.68. The number of nitrogens with zero attached hydrogens (tertiary/aromatic N) is 1. The molecule has 0 saturated carbocycles. The maximum Gasteiger partial charge on any atom is 0.356 e. The van der Waals surface area contributed by atoms with E-state index in [1.54, 1.807) is 6.07 Å². The fourth-order valence-electron chi connectivity index (χ4n) is 1.73. The number of carbonyl (C=O) groups excluding carboxylic acids is 1. The maximum absolute atomic E-state index is 11.3. The molecule has 0 amide bonds. The van der Waals surface area contributed by atoms with Crippen LogP contribution in [0.1, 0.15) is 23.3 Å². The molecule has 2 heterocycles. The summed E-state index contributed by atoms with van der Waals surface area (Å²) >= 11 is 0. The minimum absolute atomic E-state index is 0.0768. The highest BCUT2D eigenvalue weighted by molar-refractivity contribution is 5.87. The van der Waals surface area contributed by atoms with Gasteiger partial charge < -0.3 is 19.9 Å². The van der Waals surface area contributed by atoms with Crippen molar-refractivity contribution in [1.29, 1.82) is 0 Å². The fourth-order valence-corrected chi connectivity index (χ4v) is 1.73. The average Bonchev–Trinajstić information content (AvgIpc) is 2.90. The Hall–Kier alpha value is -1.82. The van der Waals surface area contributed by atoms with Crippen LogP contribution in [0.2, 0.25) is 0 Å². The van der Waals surface area contributed by atoms with Gasteiger partial charge in [-0.15, -0.1) is 0 Å². The van der Waals surface area contributed by atoms with Gasteiger partial charge in [0.15, 0.2) is 5.69 Å². The van der Waals surface area contributed by atoms with E-state index in [1.807, 2.05) is 0 Å². The number of aromatic nitrogens is 1. The SMILES string of the molecule is COC(=O)c1ccc(N)c(OCC2CCCO2)n1. The number of ether oxygens (including phenoxy) is 3. The molecule has 0 aromatic carbocycles. The van der Waals surface area contributed by atoms with Gasteiger partial charge in [0.1, 0.15) is 6.61 Å². The molecular formula is C12H16N2O4. The monoisotopic (exact) mass is 252 g/mol. The lowest BCUT2D eigenvalue weighted by atomic mass is 10.2. The molecule has 1 atom stereocenters. The summed E-state index contributed by atoms with van der Waals surface area (Å²) in [5, 5.41) is 0. The molecule has 2 N–H and O–H groups in total. The summed E-state index contributed by atoms with van der Waals surface area (Å²) in [7, 11) is 1.30. The van der Waals surface area contributed by atoms with Gasteiger partial charge in [-0.1, -0.05) is 0 Å². The molecule has 0 spiro atoms. The van der Waals surface area contributed by atoms with Gasteiger partial charge in [-0.2, -0.15) is 0 Å². The molecule has 0 bridgehead atoms. The van der Waals surface area contributed by atoms with Gasteiger partial charge in [0.2, 0.25) is 5.88 Å². The largest absolute Gasteiger partial charge is 0.473 e. The highest BCUT2D eigenvalue weighted by atomic mass is 16.5. The van der Waals surface area contributed by atoms with Crippen LogP contribution < -0.4 is 10.5 Å². The van der Waals surface area contributed by atoms with Crippen molar-refractivity contribution < 1.29 is 19.0 Å². The van der Waals surface area contributed by atoms with Crippen LogP contribution in [-0.2, 0) is 9.47 Å². The Balaban J connectivity index is 2.03. The third-order valence-electron chi connectivity index (χ3n) is 2.71. The fraction of sp³-hybridized carbons (Fsp3) is 0.500. The molecule has 6 nitrogen and oxygen atoms in total. The Morgan fingerprint density at radius 1 is 1.61 bits per heavy atom. The summed E-state index contributed by atoms with van der Waals surface area (Å²) in [6.45, 7) is 1.15. The van der Waals surface area contributed by atoms with Crippen LogP contribution in [0.25, 0.3) is 0 Å². The Bertz CT molecular complexity index is 430. The van der Waals surface area contributed by atoms with Crippen molar-refractivity contribution in [2.75, 3.05) is 26.1 Å². The first kappa shape index (κ1) is 12.6. The van der Waals surface area contributed by atoms with Crippen LogP contribution in [-0.4, -0.2) is 37.4 Å². The van der Waals surface area contributed by atoms with Gasteiger partial charge in [0.25, 0.3) is 0 Å². The minimum Gasteiger partial charge on any atom is -0.473 e. The van der Waals surface area contributed by atoms with Crippen molar-refractivity contribution >= 4 is 11.7 Å². The number of hydrogen-bond acceptors (Lipinski definition) is 6. The van der Waals surface area contributed by atoms with Crippen LogP contribution in [0.4, 0.5) is 5.69 Å². The highest BCUT2D eigenvalue weighted by Crippen LogP contribution is 2.20. The number of nitrogens with two attached hydrogens (primary N) is 1. The van der Waals surface area contributed by atoms with E-state index < -0.39 is 5.97 Å². The number of hydrogen-bond donors (Lipinski definition) is 1. The quantitative estimate of drug-likeness (QED) is 0.805. The summed E-state index contributed by atoms with van der Waals surface area (Å²) in [5.74, 6) is -0.273. The second-order valence-electron chi connectivity index (χ2n) is 4.03. The molecule has 1 aliphatic rings. The number of methoxy groups -OCH3 is 1. The van der Waals surface area contributed by atoms with Crippen molar-refractivity contribution in [1.82, 2.24) is 4.98 Å². The number of anilines is 1. The lowest BCUT2D eigenvalue weighted by molar-refractivity contribution is 0.0586. The first-order valence-corrected chi connectivity index (χ1v) is 5.80. The smallest absolute Gasteiger partial charge is 0.356 e. The predicted molar refractivity (Wildman–Crippen MR) is 64.5 cm³/mol. The van der Waals surface area contributed by atoms with E-state index in [9.17, 15) is 4.79 Å². The van der Waals surface area contributed by atoms with Gasteiger partial charge >= 0.3 is 5.97 Å². The van der Waals surface area contributed by atoms with E-state index in [4.69, 9.17) is 15.2 Å². The van der Waals surface area contributed by atoms with E-state index in [0.29, 0.717) is 12.3 Å². The number of rotatable bonds is 4. The molecule has 1 unspecified atom stereocenters. The van der Waals surface area contributed by atoms with E-state index in [1.165, 1.54) is 13.2 Å². The lowest BCUT2D eigenvalue weighted by Crippen LogP contribution is -2.18. The highest BCUT2D eigenvalue weighted by Gasteiger charge is 2.18. The minimum atomic E-state index is -0.517. The molecule has 18 heavy (non-hydrogen) atoms. The Morgan fingerprint density at radius 2 is 2.44 bits per heavy atom. The molecule has 1 aromatic heterocycles. The molecule has 1 fully saturated rings. The normalized spacial score (nSPS) is 18.6. The van der Waals surface area contributed by atoms with Crippen LogP contribution in [0.3, 0.4) is 0 Å². The number of nitrogen functional groups attached to an aromatic ring is 1. The lowest BCUT2D eigenvalue weighted by Gasteiger charge is -2.12. The average molecular weight is 252 g/mol. The van der Waals surface area contributed by atoms with Crippen LogP contribution >= 0.6 is 0 Å². The van der Waals surface area contributed by atoms with E-state index in [2.05, 4.69) is 9.72 Å². The van der Waals surface area contributed by atoms with Gasteiger partial charge in [-0.05, 0) is 25.0 Å². The van der Waals surface area contributed by atoms with Gasteiger partial charge in [0.05, 0.1) is 18.9 Å². The molecule has 1 aliphatic heterocycles. The Kier molecular flexibility index (Phi) is 3.99. The summed E-state index contributed by atoms with van der Waals surface area (Å²) in [4.78, 5) is 15.4.